The first kappa shape index (κ1) is 23.3. The van der Waals surface area contributed by atoms with Gasteiger partial charge >= 0.3 is 0 Å². The number of hydrogen-bond acceptors (Lipinski definition) is 7. The fourth-order valence-electron chi connectivity index (χ4n) is 4.91. The molecule has 1 aliphatic heterocycles. The highest BCUT2D eigenvalue weighted by Crippen LogP contribution is 2.22. The molecule has 0 unspecified atom stereocenters. The van der Waals surface area contributed by atoms with Gasteiger partial charge in [0.15, 0.2) is 5.65 Å². The highest BCUT2D eigenvalue weighted by Gasteiger charge is 2.18. The molecule has 9 heteroatoms. The van der Waals surface area contributed by atoms with E-state index in [1.54, 1.807) is 7.11 Å². The van der Waals surface area contributed by atoms with Crippen LogP contribution in [-0.2, 0) is 24.2 Å². The number of anilines is 1. The number of piperazine rings is 1. The van der Waals surface area contributed by atoms with Crippen LogP contribution in [0.2, 0.25) is 0 Å². The lowest BCUT2D eigenvalue weighted by Gasteiger charge is -2.36. The van der Waals surface area contributed by atoms with Crippen LogP contribution < -0.4 is 20.5 Å². The third kappa shape index (κ3) is 5.30. The first-order chi connectivity index (χ1) is 17.1. The van der Waals surface area contributed by atoms with E-state index in [2.05, 4.69) is 37.2 Å². The third-order valence-corrected chi connectivity index (χ3v) is 6.97. The lowest BCUT2D eigenvalue weighted by atomic mass is 9.95. The van der Waals surface area contributed by atoms with E-state index in [-0.39, 0.29) is 18.0 Å². The maximum atomic E-state index is 12.9. The Morgan fingerprint density at radius 3 is 2.63 bits per heavy atom. The Hall–Kier alpha value is -3.46. The molecular weight excluding hydrogens is 444 g/mol. The standard InChI is InChI=1S/C26H32N6O3/c1-35-21-8-6-20(7-9-21)31-14-12-30(13-15-31)11-10-27-24(33)17-32-18-28-25-22(26(32)34)16-19-4-2-3-5-23(19)29-25/h6-9,16,18H,2-5,10-15,17H2,1H3,(H,27,33). The number of nitrogens with zero attached hydrogens (tertiary/aromatic N) is 5. The van der Waals surface area contributed by atoms with Crippen LogP contribution in [0.1, 0.15) is 24.1 Å². The molecule has 5 rings (SSSR count). The van der Waals surface area contributed by atoms with Gasteiger partial charge in [-0.25, -0.2) is 9.97 Å². The zero-order chi connectivity index (χ0) is 24.2. The average Bonchev–Trinajstić information content (AvgIpc) is 2.90. The number of amides is 1. The van der Waals surface area contributed by atoms with Crippen LogP contribution >= 0.6 is 0 Å². The van der Waals surface area contributed by atoms with Crippen molar-refractivity contribution in [3.05, 3.63) is 58.3 Å². The Kier molecular flexibility index (Phi) is 6.94. The predicted octanol–water partition coefficient (Wildman–Crippen LogP) is 1.62. The van der Waals surface area contributed by atoms with Gasteiger partial charge < -0.3 is 15.0 Å². The van der Waals surface area contributed by atoms with E-state index in [4.69, 9.17) is 4.74 Å². The van der Waals surface area contributed by atoms with Crippen molar-refractivity contribution in [3.63, 3.8) is 0 Å². The minimum atomic E-state index is -0.208. The molecule has 1 fully saturated rings. The first-order valence-electron chi connectivity index (χ1n) is 12.4. The van der Waals surface area contributed by atoms with Gasteiger partial charge in [-0.15, -0.1) is 0 Å². The molecule has 35 heavy (non-hydrogen) atoms. The molecule has 1 N–H and O–H groups in total. The summed E-state index contributed by atoms with van der Waals surface area (Å²) >= 11 is 0. The summed E-state index contributed by atoms with van der Waals surface area (Å²) in [6, 6.07) is 10.1. The van der Waals surface area contributed by atoms with Crippen molar-refractivity contribution in [2.75, 3.05) is 51.3 Å². The van der Waals surface area contributed by atoms with Gasteiger partial charge in [-0.05, 0) is 61.6 Å². The van der Waals surface area contributed by atoms with Crippen LogP contribution in [0, 0.1) is 0 Å². The molecule has 9 nitrogen and oxygen atoms in total. The number of nitrogens with one attached hydrogen (secondary N) is 1. The van der Waals surface area contributed by atoms with E-state index in [9.17, 15) is 9.59 Å². The summed E-state index contributed by atoms with van der Waals surface area (Å²) in [6.07, 6.45) is 5.57. The second-order valence-electron chi connectivity index (χ2n) is 9.23. The minimum Gasteiger partial charge on any atom is -0.497 e. The molecule has 2 aliphatic rings. The normalized spacial score (nSPS) is 16.2. The van der Waals surface area contributed by atoms with E-state index in [0.717, 1.165) is 75.4 Å². The maximum absolute atomic E-state index is 12.9. The van der Waals surface area contributed by atoms with Crippen LogP contribution in [0.4, 0.5) is 5.69 Å². The molecule has 1 amide bonds. The van der Waals surface area contributed by atoms with Crippen LogP contribution in [0.5, 0.6) is 5.75 Å². The number of aryl methyl sites for hydroxylation is 2. The van der Waals surface area contributed by atoms with Gasteiger partial charge in [0.25, 0.3) is 5.56 Å². The molecule has 1 aromatic carbocycles. The molecule has 1 aliphatic carbocycles. The molecule has 0 atom stereocenters. The van der Waals surface area contributed by atoms with E-state index >= 15 is 0 Å². The molecule has 0 spiro atoms. The molecule has 3 aromatic rings. The smallest absolute Gasteiger partial charge is 0.263 e. The van der Waals surface area contributed by atoms with Gasteiger partial charge in [0, 0.05) is 50.6 Å². The fraction of sp³-hybridized carbons (Fsp3) is 0.462. The molecule has 184 valence electrons. The van der Waals surface area contributed by atoms with Gasteiger partial charge in [-0.1, -0.05) is 0 Å². The zero-order valence-electron chi connectivity index (χ0n) is 20.2. The number of hydrogen-bond donors (Lipinski definition) is 1. The molecule has 0 saturated carbocycles. The van der Waals surface area contributed by atoms with Crippen molar-refractivity contribution in [1.82, 2.24) is 24.8 Å². The summed E-state index contributed by atoms with van der Waals surface area (Å²) in [4.78, 5) is 39.1. The molecule has 1 saturated heterocycles. The van der Waals surface area contributed by atoms with Crippen molar-refractivity contribution in [2.24, 2.45) is 0 Å². The Labute approximate surface area is 204 Å². The second kappa shape index (κ2) is 10.4. The maximum Gasteiger partial charge on any atom is 0.263 e. The van der Waals surface area contributed by atoms with Gasteiger partial charge in [0.05, 0.1) is 12.5 Å². The Balaban J connectivity index is 1.10. The highest BCUT2D eigenvalue weighted by molar-refractivity contribution is 5.77. The van der Waals surface area contributed by atoms with Gasteiger partial charge in [-0.3, -0.25) is 19.1 Å². The highest BCUT2D eigenvalue weighted by atomic mass is 16.5. The molecule has 2 aromatic heterocycles. The number of rotatable bonds is 7. The fourth-order valence-corrected chi connectivity index (χ4v) is 4.91. The summed E-state index contributed by atoms with van der Waals surface area (Å²) in [5.74, 6) is 0.677. The van der Waals surface area contributed by atoms with Gasteiger partial charge in [0.1, 0.15) is 18.6 Å². The van der Waals surface area contributed by atoms with Crippen molar-refractivity contribution in [2.45, 2.75) is 32.2 Å². The van der Waals surface area contributed by atoms with Crippen LogP contribution in [0.3, 0.4) is 0 Å². The number of carbonyl (C=O) groups excluding carboxylic acids is 1. The lowest BCUT2D eigenvalue weighted by Crippen LogP contribution is -2.48. The minimum absolute atomic E-state index is 0.0376. The number of pyridine rings is 1. The number of aromatic nitrogens is 3. The van der Waals surface area contributed by atoms with Crippen molar-refractivity contribution in [1.29, 1.82) is 0 Å². The quantitative estimate of drug-likeness (QED) is 0.554. The molecule has 3 heterocycles. The summed E-state index contributed by atoms with van der Waals surface area (Å²) in [7, 11) is 1.67. The predicted molar refractivity (Wildman–Crippen MR) is 135 cm³/mol. The van der Waals surface area contributed by atoms with Crippen molar-refractivity contribution >= 4 is 22.6 Å². The summed E-state index contributed by atoms with van der Waals surface area (Å²) < 4.78 is 6.61. The number of carbonyl (C=O) groups is 1. The monoisotopic (exact) mass is 476 g/mol. The van der Waals surface area contributed by atoms with E-state index in [0.29, 0.717) is 17.6 Å². The Bertz CT molecular complexity index is 1250. The number of benzene rings is 1. The van der Waals surface area contributed by atoms with E-state index in [1.807, 2.05) is 18.2 Å². The second-order valence-corrected chi connectivity index (χ2v) is 9.23. The summed E-state index contributed by atoms with van der Waals surface area (Å²) in [6.45, 7) is 5.05. The molecular formula is C26H32N6O3. The van der Waals surface area contributed by atoms with Gasteiger partial charge in [-0.2, -0.15) is 0 Å². The summed E-state index contributed by atoms with van der Waals surface area (Å²) in [5, 5.41) is 3.44. The topological polar surface area (TPSA) is 92.6 Å². The summed E-state index contributed by atoms with van der Waals surface area (Å²) in [5.41, 5.74) is 3.65. The first-order valence-corrected chi connectivity index (χ1v) is 12.4. The SMILES string of the molecule is COc1ccc(N2CCN(CCNC(=O)Cn3cnc4nc5c(cc4c3=O)CCCC5)CC2)cc1. The van der Waals surface area contributed by atoms with E-state index in [1.165, 1.54) is 16.6 Å². The average molecular weight is 477 g/mol. The van der Waals surface area contributed by atoms with Crippen molar-refractivity contribution in [3.8, 4) is 5.75 Å². The number of fused-ring (bicyclic) bond motifs is 2. The van der Waals surface area contributed by atoms with Gasteiger partial charge in [0.2, 0.25) is 5.91 Å². The van der Waals surface area contributed by atoms with Crippen molar-refractivity contribution < 1.29 is 9.53 Å². The Morgan fingerprint density at radius 2 is 1.86 bits per heavy atom. The van der Waals surface area contributed by atoms with E-state index < -0.39 is 0 Å². The Morgan fingerprint density at radius 1 is 1.09 bits per heavy atom. The molecule has 0 radical (unpaired) electrons. The number of ether oxygens (including phenoxy) is 1. The largest absolute Gasteiger partial charge is 0.497 e. The van der Waals surface area contributed by atoms with Crippen LogP contribution in [-0.4, -0.2) is 71.7 Å². The van der Waals surface area contributed by atoms with Crippen LogP contribution in [0.25, 0.3) is 11.0 Å². The number of methoxy groups -OCH3 is 1. The third-order valence-electron chi connectivity index (χ3n) is 6.97. The molecule has 0 bridgehead atoms. The van der Waals surface area contributed by atoms with Crippen LogP contribution in [0.15, 0.2) is 41.5 Å². The lowest BCUT2D eigenvalue weighted by molar-refractivity contribution is -0.121. The zero-order valence-corrected chi connectivity index (χ0v) is 20.2.